The number of benzene rings is 3. The Morgan fingerprint density at radius 2 is 1.64 bits per heavy atom. The molecule has 4 rings (SSSR count). The van der Waals surface area contributed by atoms with E-state index in [0.29, 0.717) is 0 Å². The Morgan fingerprint density at radius 3 is 2.55 bits per heavy atom. The van der Waals surface area contributed by atoms with E-state index in [1.54, 1.807) is 7.11 Å². The Kier molecular flexibility index (Phi) is 3.01. The topological polar surface area (TPSA) is 22.1 Å². The van der Waals surface area contributed by atoms with Gasteiger partial charge in [0, 0.05) is 17.0 Å². The Bertz CT molecular complexity index is 975. The van der Waals surface area contributed by atoms with Crippen LogP contribution in [-0.4, -0.2) is 12.1 Å². The molecule has 0 aliphatic carbocycles. The number of hydrogen-bond donors (Lipinski definition) is 0. The first-order valence-electron chi connectivity index (χ1n) is 7.28. The molecule has 0 aliphatic rings. The van der Waals surface area contributed by atoms with Gasteiger partial charge in [-0.1, -0.05) is 48.5 Å². The molecule has 0 amide bonds. The normalized spacial score (nSPS) is 11.0. The summed E-state index contributed by atoms with van der Waals surface area (Å²) in [7, 11) is 1.69. The second-order valence-corrected chi connectivity index (χ2v) is 5.28. The van der Waals surface area contributed by atoms with E-state index in [9.17, 15) is 0 Å². The van der Waals surface area contributed by atoms with Crippen molar-refractivity contribution in [2.24, 2.45) is 0 Å². The zero-order valence-electron chi connectivity index (χ0n) is 12.3. The van der Waals surface area contributed by atoms with E-state index in [0.717, 1.165) is 22.2 Å². The molecule has 0 bridgehead atoms. The first-order chi connectivity index (χ1) is 10.9. The maximum Gasteiger partial charge on any atom is 0.119 e. The average molecular weight is 285 g/mol. The van der Waals surface area contributed by atoms with E-state index >= 15 is 0 Å². The summed E-state index contributed by atoms with van der Waals surface area (Å²) in [5, 5.41) is 3.55. The van der Waals surface area contributed by atoms with Crippen molar-refractivity contribution >= 4 is 21.7 Å². The summed E-state index contributed by atoms with van der Waals surface area (Å²) >= 11 is 0. The lowest BCUT2D eigenvalue weighted by Gasteiger charge is -2.10. The molecule has 0 saturated heterocycles. The fraction of sp³-hybridized carbons (Fsp3) is 0.0500. The second kappa shape index (κ2) is 5.15. The van der Waals surface area contributed by atoms with Gasteiger partial charge < -0.3 is 4.74 Å². The fourth-order valence-electron chi connectivity index (χ4n) is 2.95. The molecule has 2 heteroatoms. The second-order valence-electron chi connectivity index (χ2n) is 5.28. The van der Waals surface area contributed by atoms with Crippen LogP contribution in [0.4, 0.5) is 0 Å². The van der Waals surface area contributed by atoms with Gasteiger partial charge in [-0.25, -0.2) is 0 Å². The molecular formula is C20H15NO. The first-order valence-corrected chi connectivity index (χ1v) is 7.28. The third kappa shape index (κ3) is 2.01. The standard InChI is InChI=1S/C20H15NO/c1-22-17-8-2-6-16(13-17)18-9-3-5-14-10-11-15-7-4-12-21-20(15)19(14)18/h2-13H,1H3. The lowest BCUT2D eigenvalue weighted by molar-refractivity contribution is 0.415. The third-order valence-electron chi connectivity index (χ3n) is 4.00. The van der Waals surface area contributed by atoms with E-state index in [2.05, 4.69) is 53.5 Å². The van der Waals surface area contributed by atoms with Crippen LogP contribution in [0.1, 0.15) is 0 Å². The quantitative estimate of drug-likeness (QED) is 0.480. The van der Waals surface area contributed by atoms with E-state index < -0.39 is 0 Å². The number of rotatable bonds is 2. The Morgan fingerprint density at radius 1 is 0.818 bits per heavy atom. The minimum absolute atomic E-state index is 0.864. The number of hydrogen-bond acceptors (Lipinski definition) is 2. The highest BCUT2D eigenvalue weighted by Gasteiger charge is 2.09. The highest BCUT2D eigenvalue weighted by Crippen LogP contribution is 2.34. The summed E-state index contributed by atoms with van der Waals surface area (Å²) < 4.78 is 5.36. The molecule has 0 spiro atoms. The van der Waals surface area contributed by atoms with Crippen LogP contribution in [0.25, 0.3) is 32.8 Å². The molecule has 0 atom stereocenters. The van der Waals surface area contributed by atoms with Crippen LogP contribution in [0.2, 0.25) is 0 Å². The molecule has 0 aliphatic heterocycles. The third-order valence-corrected chi connectivity index (χ3v) is 4.00. The summed E-state index contributed by atoms with van der Waals surface area (Å²) in [6.45, 7) is 0. The summed E-state index contributed by atoms with van der Waals surface area (Å²) in [6, 6.07) is 22.9. The van der Waals surface area contributed by atoms with Crippen molar-refractivity contribution in [1.29, 1.82) is 0 Å². The number of fused-ring (bicyclic) bond motifs is 3. The van der Waals surface area contributed by atoms with Gasteiger partial charge in [0.1, 0.15) is 5.75 Å². The number of nitrogens with zero attached hydrogens (tertiary/aromatic N) is 1. The zero-order chi connectivity index (χ0) is 14.9. The fourth-order valence-corrected chi connectivity index (χ4v) is 2.95. The lowest BCUT2D eigenvalue weighted by Crippen LogP contribution is -1.87. The van der Waals surface area contributed by atoms with Crippen LogP contribution in [0.3, 0.4) is 0 Å². The van der Waals surface area contributed by atoms with Crippen molar-refractivity contribution in [3.8, 4) is 16.9 Å². The minimum Gasteiger partial charge on any atom is -0.497 e. The van der Waals surface area contributed by atoms with Gasteiger partial charge in [-0.05, 0) is 34.7 Å². The molecule has 1 heterocycles. The van der Waals surface area contributed by atoms with Crippen molar-refractivity contribution in [1.82, 2.24) is 4.98 Å². The smallest absolute Gasteiger partial charge is 0.119 e. The molecule has 4 aromatic rings. The number of ether oxygens (including phenoxy) is 1. The Balaban J connectivity index is 2.11. The maximum absolute atomic E-state index is 5.36. The van der Waals surface area contributed by atoms with Crippen LogP contribution in [0.5, 0.6) is 5.75 Å². The van der Waals surface area contributed by atoms with Gasteiger partial charge in [0.15, 0.2) is 0 Å². The molecule has 3 aromatic carbocycles. The zero-order valence-corrected chi connectivity index (χ0v) is 12.3. The average Bonchev–Trinajstić information content (AvgIpc) is 2.61. The van der Waals surface area contributed by atoms with Gasteiger partial charge in [0.25, 0.3) is 0 Å². The van der Waals surface area contributed by atoms with Gasteiger partial charge in [0.2, 0.25) is 0 Å². The van der Waals surface area contributed by atoms with Crippen molar-refractivity contribution in [3.63, 3.8) is 0 Å². The summed E-state index contributed by atoms with van der Waals surface area (Å²) in [5.41, 5.74) is 3.36. The van der Waals surface area contributed by atoms with Crippen molar-refractivity contribution in [2.75, 3.05) is 7.11 Å². The predicted octanol–water partition coefficient (Wildman–Crippen LogP) is 5.06. The van der Waals surface area contributed by atoms with E-state index in [1.807, 2.05) is 24.4 Å². The molecule has 0 saturated carbocycles. The number of aromatic nitrogens is 1. The van der Waals surface area contributed by atoms with Crippen molar-refractivity contribution in [2.45, 2.75) is 0 Å². The maximum atomic E-state index is 5.36. The molecule has 1 aromatic heterocycles. The SMILES string of the molecule is COc1cccc(-c2cccc3ccc4cccnc4c23)c1. The lowest BCUT2D eigenvalue weighted by atomic mass is 9.96. The van der Waals surface area contributed by atoms with Crippen molar-refractivity contribution < 1.29 is 4.74 Å². The largest absolute Gasteiger partial charge is 0.497 e. The Labute approximate surface area is 129 Å². The van der Waals surface area contributed by atoms with E-state index in [-0.39, 0.29) is 0 Å². The molecule has 106 valence electrons. The molecule has 22 heavy (non-hydrogen) atoms. The van der Waals surface area contributed by atoms with Crippen LogP contribution < -0.4 is 4.74 Å². The van der Waals surface area contributed by atoms with Crippen LogP contribution in [-0.2, 0) is 0 Å². The van der Waals surface area contributed by atoms with Gasteiger partial charge >= 0.3 is 0 Å². The molecular weight excluding hydrogens is 270 g/mol. The predicted molar refractivity (Wildman–Crippen MR) is 91.2 cm³/mol. The van der Waals surface area contributed by atoms with Crippen LogP contribution in [0.15, 0.2) is 72.9 Å². The van der Waals surface area contributed by atoms with Crippen molar-refractivity contribution in [3.05, 3.63) is 72.9 Å². The van der Waals surface area contributed by atoms with Gasteiger partial charge in [-0.2, -0.15) is 0 Å². The van der Waals surface area contributed by atoms with Gasteiger partial charge in [-0.3, -0.25) is 4.98 Å². The molecule has 0 fully saturated rings. The Hall–Kier alpha value is -2.87. The molecule has 0 radical (unpaired) electrons. The molecule has 0 N–H and O–H groups in total. The summed E-state index contributed by atoms with van der Waals surface area (Å²) in [6.07, 6.45) is 1.85. The number of methoxy groups -OCH3 is 1. The first kappa shape index (κ1) is 12.8. The number of pyridine rings is 1. The minimum atomic E-state index is 0.864. The summed E-state index contributed by atoms with van der Waals surface area (Å²) in [4.78, 5) is 4.61. The highest BCUT2D eigenvalue weighted by molar-refractivity contribution is 6.12. The monoisotopic (exact) mass is 285 g/mol. The van der Waals surface area contributed by atoms with E-state index in [4.69, 9.17) is 4.74 Å². The molecule has 0 unspecified atom stereocenters. The van der Waals surface area contributed by atoms with Gasteiger partial charge in [-0.15, -0.1) is 0 Å². The molecule has 2 nitrogen and oxygen atoms in total. The van der Waals surface area contributed by atoms with E-state index in [1.165, 1.54) is 16.3 Å². The van der Waals surface area contributed by atoms with Crippen LogP contribution >= 0.6 is 0 Å². The van der Waals surface area contributed by atoms with Gasteiger partial charge in [0.05, 0.1) is 12.6 Å². The van der Waals surface area contributed by atoms with Crippen LogP contribution in [0, 0.1) is 0 Å². The highest BCUT2D eigenvalue weighted by atomic mass is 16.5. The summed E-state index contributed by atoms with van der Waals surface area (Å²) in [5.74, 6) is 0.864.